The number of carbonyl (C=O) groups excluding carboxylic acids is 1. The Balaban J connectivity index is 1.48. The molecule has 2 aromatic rings. The van der Waals surface area contributed by atoms with E-state index >= 15 is 0 Å². The number of carbonyl (C=O) groups is 1. The Morgan fingerprint density at radius 3 is 2.53 bits per heavy atom. The van der Waals surface area contributed by atoms with E-state index in [0.29, 0.717) is 13.1 Å². The molecule has 34 heavy (non-hydrogen) atoms. The van der Waals surface area contributed by atoms with Gasteiger partial charge in [-0.25, -0.2) is 4.79 Å². The van der Waals surface area contributed by atoms with E-state index in [4.69, 9.17) is 9.47 Å². The summed E-state index contributed by atoms with van der Waals surface area (Å²) >= 11 is 0. The van der Waals surface area contributed by atoms with Crippen molar-refractivity contribution in [3.05, 3.63) is 59.1 Å². The molecule has 3 aliphatic heterocycles. The molecule has 182 valence electrons. The molecule has 0 saturated carbocycles. The summed E-state index contributed by atoms with van der Waals surface area (Å²) in [5.74, 6) is 1.72. The van der Waals surface area contributed by atoms with E-state index in [1.54, 1.807) is 14.2 Å². The Labute approximate surface area is 202 Å². The molecule has 5 rings (SSSR count). The number of aryl methyl sites for hydroxylation is 1. The lowest BCUT2D eigenvalue weighted by atomic mass is 9.82. The molecule has 2 fully saturated rings. The molecule has 0 aliphatic carbocycles. The molecule has 1 aromatic carbocycles. The second kappa shape index (κ2) is 8.69. The van der Waals surface area contributed by atoms with Crippen LogP contribution in [0.15, 0.2) is 42.2 Å². The van der Waals surface area contributed by atoms with Crippen molar-refractivity contribution in [1.82, 2.24) is 19.3 Å². The van der Waals surface area contributed by atoms with Crippen LogP contribution in [-0.4, -0.2) is 64.7 Å². The monoisotopic (exact) mass is 464 g/mol. The Hall–Kier alpha value is -2.93. The van der Waals surface area contributed by atoms with Gasteiger partial charge in [-0.3, -0.25) is 9.80 Å². The third-order valence-electron chi connectivity index (χ3n) is 8.03. The molecule has 1 atom stereocenters. The van der Waals surface area contributed by atoms with E-state index in [0.717, 1.165) is 55.1 Å². The lowest BCUT2D eigenvalue weighted by Gasteiger charge is -2.44. The molecule has 3 aliphatic rings. The van der Waals surface area contributed by atoms with Gasteiger partial charge in [-0.1, -0.05) is 13.0 Å². The molecule has 2 amide bonds. The number of hydrogen-bond acceptors (Lipinski definition) is 4. The highest BCUT2D eigenvalue weighted by Gasteiger charge is 2.54. The Bertz CT molecular complexity index is 1110. The van der Waals surface area contributed by atoms with Gasteiger partial charge in [-0.15, -0.1) is 0 Å². The number of rotatable bonds is 5. The first-order chi connectivity index (χ1) is 16.4. The number of likely N-dealkylation sites (tertiary alicyclic amines) is 1. The van der Waals surface area contributed by atoms with Gasteiger partial charge in [0.15, 0.2) is 0 Å². The van der Waals surface area contributed by atoms with Crippen molar-refractivity contribution >= 4 is 6.03 Å². The molecule has 7 nitrogen and oxygen atoms in total. The summed E-state index contributed by atoms with van der Waals surface area (Å²) in [6.45, 7) is 8.46. The maximum absolute atomic E-state index is 13.7. The number of piperidine rings is 1. The summed E-state index contributed by atoms with van der Waals surface area (Å²) in [5, 5.41) is 0. The average molecular weight is 465 g/mol. The second-order valence-electron chi connectivity index (χ2n) is 9.77. The van der Waals surface area contributed by atoms with Crippen LogP contribution in [-0.2, 0) is 20.1 Å². The normalized spacial score (nSPS) is 21.9. The third-order valence-corrected chi connectivity index (χ3v) is 8.03. The zero-order valence-electron chi connectivity index (χ0n) is 21.0. The van der Waals surface area contributed by atoms with Gasteiger partial charge in [-0.2, -0.15) is 0 Å². The molecule has 0 unspecified atom stereocenters. The Morgan fingerprint density at radius 1 is 1.15 bits per heavy atom. The average Bonchev–Trinajstić information content (AvgIpc) is 3.27. The number of likely N-dealkylation sites (N-methyl/N-ethyl adjacent to an activating group) is 1. The molecule has 0 bridgehead atoms. The predicted octanol–water partition coefficient (Wildman–Crippen LogP) is 4.34. The zero-order chi connectivity index (χ0) is 24.0. The number of amides is 2. The summed E-state index contributed by atoms with van der Waals surface area (Å²) in [6.07, 6.45) is 6.32. The van der Waals surface area contributed by atoms with Crippen LogP contribution in [0.2, 0.25) is 0 Å². The molecular formula is C27H36N4O3. The number of urea groups is 1. The van der Waals surface area contributed by atoms with Gasteiger partial charge in [-0.05, 0) is 43.5 Å². The fourth-order valence-electron chi connectivity index (χ4n) is 6.24. The summed E-state index contributed by atoms with van der Waals surface area (Å²) in [7, 11) is 5.48. The van der Waals surface area contributed by atoms with Crippen LogP contribution < -0.4 is 9.47 Å². The number of hydrogen-bond donors (Lipinski definition) is 0. The maximum Gasteiger partial charge on any atom is 0.325 e. The third kappa shape index (κ3) is 3.49. The van der Waals surface area contributed by atoms with Crippen molar-refractivity contribution in [3.8, 4) is 11.5 Å². The minimum atomic E-state index is -0.246. The van der Waals surface area contributed by atoms with E-state index in [2.05, 4.69) is 65.7 Å². The zero-order valence-corrected chi connectivity index (χ0v) is 21.0. The van der Waals surface area contributed by atoms with Gasteiger partial charge >= 0.3 is 6.03 Å². The predicted molar refractivity (Wildman–Crippen MR) is 132 cm³/mol. The van der Waals surface area contributed by atoms with Gasteiger partial charge in [0.05, 0.1) is 26.3 Å². The lowest BCUT2D eigenvalue weighted by molar-refractivity contribution is 0.0878. The molecule has 1 aromatic heterocycles. The second-order valence-corrected chi connectivity index (χ2v) is 9.77. The highest BCUT2D eigenvalue weighted by atomic mass is 16.5. The molecule has 0 N–H and O–H groups in total. The van der Waals surface area contributed by atoms with Crippen molar-refractivity contribution in [2.24, 2.45) is 7.05 Å². The van der Waals surface area contributed by atoms with Crippen LogP contribution in [0, 0.1) is 0 Å². The Morgan fingerprint density at radius 2 is 1.91 bits per heavy atom. The highest BCUT2D eigenvalue weighted by Crippen LogP contribution is 2.49. The number of methoxy groups -OCH3 is 2. The first-order valence-corrected chi connectivity index (χ1v) is 12.3. The summed E-state index contributed by atoms with van der Waals surface area (Å²) < 4.78 is 13.5. The number of ether oxygens (including phenoxy) is 2. The first-order valence-electron chi connectivity index (χ1n) is 12.3. The fourth-order valence-corrected chi connectivity index (χ4v) is 6.24. The summed E-state index contributed by atoms with van der Waals surface area (Å²) in [5.41, 5.74) is 4.49. The molecule has 0 radical (unpaired) electrons. The quantitative estimate of drug-likeness (QED) is 0.661. The van der Waals surface area contributed by atoms with Crippen molar-refractivity contribution in [2.45, 2.75) is 51.2 Å². The molecule has 1 spiro atoms. The molecule has 7 heteroatoms. The van der Waals surface area contributed by atoms with Crippen molar-refractivity contribution < 1.29 is 14.3 Å². The van der Waals surface area contributed by atoms with Crippen LogP contribution in [0.4, 0.5) is 4.79 Å². The fraction of sp³-hybridized carbons (Fsp3) is 0.519. The minimum absolute atomic E-state index is 0.117. The smallest absolute Gasteiger partial charge is 0.325 e. The van der Waals surface area contributed by atoms with E-state index in [9.17, 15) is 4.79 Å². The van der Waals surface area contributed by atoms with E-state index in [1.807, 2.05) is 11.0 Å². The number of benzene rings is 1. The van der Waals surface area contributed by atoms with E-state index in [1.165, 1.54) is 11.4 Å². The van der Waals surface area contributed by atoms with Crippen molar-refractivity contribution in [2.75, 3.05) is 33.9 Å². The Kier molecular flexibility index (Phi) is 5.84. The topological polar surface area (TPSA) is 50.2 Å². The van der Waals surface area contributed by atoms with E-state index < -0.39 is 0 Å². The SMILES string of the molecule is CCN1C(=O)N2Cc3cc(OC)cc(OC)c3[C@H](C)C=C2C12CCN(Cc1cccn1C)CC2. The van der Waals surface area contributed by atoms with Crippen molar-refractivity contribution in [1.29, 1.82) is 0 Å². The van der Waals surface area contributed by atoms with Crippen LogP contribution in [0.5, 0.6) is 11.5 Å². The number of allylic oxidation sites excluding steroid dienone is 1. The maximum atomic E-state index is 13.7. The lowest BCUT2D eigenvalue weighted by Crippen LogP contribution is -2.53. The standard InChI is InChI=1S/C27H36N4O3/c1-6-31-26(32)30-17-20-15-22(33-4)16-23(34-5)25(20)19(2)14-24(30)27(31)9-12-29(13-10-27)18-21-8-7-11-28(21)3/h7-8,11,14-16,19H,6,9-10,12-13,17-18H2,1-5H3/t19-/m1/s1. The summed E-state index contributed by atoms with van der Waals surface area (Å²) in [6, 6.07) is 8.42. The summed E-state index contributed by atoms with van der Waals surface area (Å²) in [4.78, 5) is 20.4. The van der Waals surface area contributed by atoms with Crippen molar-refractivity contribution in [3.63, 3.8) is 0 Å². The van der Waals surface area contributed by atoms with Gasteiger partial charge in [0, 0.05) is 68.4 Å². The van der Waals surface area contributed by atoms with Gasteiger partial charge in [0.25, 0.3) is 0 Å². The van der Waals surface area contributed by atoms with Gasteiger partial charge in [0.1, 0.15) is 11.5 Å². The molecular weight excluding hydrogens is 428 g/mol. The van der Waals surface area contributed by atoms with E-state index in [-0.39, 0.29) is 17.5 Å². The van der Waals surface area contributed by atoms with Gasteiger partial charge in [0.2, 0.25) is 0 Å². The van der Waals surface area contributed by atoms with Crippen LogP contribution in [0.3, 0.4) is 0 Å². The van der Waals surface area contributed by atoms with Crippen LogP contribution >= 0.6 is 0 Å². The molecule has 4 heterocycles. The number of fused-ring (bicyclic) bond motifs is 3. The minimum Gasteiger partial charge on any atom is -0.497 e. The number of nitrogens with zero attached hydrogens (tertiary/aromatic N) is 4. The van der Waals surface area contributed by atoms with Crippen LogP contribution in [0.1, 0.15) is 49.4 Å². The molecule has 2 saturated heterocycles. The first kappa shape index (κ1) is 22.8. The number of aromatic nitrogens is 1. The largest absolute Gasteiger partial charge is 0.497 e. The highest BCUT2D eigenvalue weighted by molar-refractivity contribution is 5.83. The van der Waals surface area contributed by atoms with Gasteiger partial charge < -0.3 is 18.9 Å². The van der Waals surface area contributed by atoms with Crippen LogP contribution in [0.25, 0.3) is 0 Å².